The van der Waals surface area contributed by atoms with E-state index in [1.807, 2.05) is 48.9 Å². The molecule has 0 atom stereocenters. The third-order valence-electron chi connectivity index (χ3n) is 4.06. The lowest BCUT2D eigenvalue weighted by molar-refractivity contribution is 0.102. The van der Waals surface area contributed by atoms with E-state index in [1.165, 1.54) is 0 Å². The molecule has 3 aromatic rings. The first kappa shape index (κ1) is 15.2. The summed E-state index contributed by atoms with van der Waals surface area (Å²) in [5.74, 6) is -0.134. The lowest BCUT2D eigenvalue weighted by Crippen LogP contribution is -2.13. The fraction of sp³-hybridized carbons (Fsp3) is 0.278. The van der Waals surface area contributed by atoms with Gasteiger partial charge in [-0.15, -0.1) is 5.10 Å². The van der Waals surface area contributed by atoms with Gasteiger partial charge in [0.15, 0.2) is 0 Å². The summed E-state index contributed by atoms with van der Waals surface area (Å²) in [4.78, 5) is 12.5. The number of benzene rings is 2. The summed E-state index contributed by atoms with van der Waals surface area (Å²) in [6.45, 7) is 6.96. The number of nitrogens with zero attached hydrogens (tertiary/aromatic N) is 3. The van der Waals surface area contributed by atoms with Gasteiger partial charge in [-0.3, -0.25) is 4.79 Å². The molecule has 2 aromatic carbocycles. The van der Waals surface area contributed by atoms with E-state index in [-0.39, 0.29) is 5.91 Å². The van der Waals surface area contributed by atoms with Crippen molar-refractivity contribution in [3.05, 3.63) is 53.1 Å². The standard InChI is InChI=1S/C18H20N4O/c1-4-10-22-17-9-8-14(11-16(17)20-21-22)18(23)19-15-7-5-6-12(2)13(15)3/h5-9,11H,4,10H2,1-3H3,(H,19,23). The Morgan fingerprint density at radius 3 is 2.83 bits per heavy atom. The number of amides is 1. The molecule has 1 amide bonds. The highest BCUT2D eigenvalue weighted by Crippen LogP contribution is 2.20. The summed E-state index contributed by atoms with van der Waals surface area (Å²) in [5, 5.41) is 11.3. The van der Waals surface area contributed by atoms with Crippen LogP contribution in [0, 0.1) is 13.8 Å². The van der Waals surface area contributed by atoms with Gasteiger partial charge in [0.05, 0.1) is 5.52 Å². The zero-order valence-electron chi connectivity index (χ0n) is 13.6. The van der Waals surface area contributed by atoms with Gasteiger partial charge in [-0.25, -0.2) is 4.68 Å². The van der Waals surface area contributed by atoms with Crippen molar-refractivity contribution in [2.45, 2.75) is 33.7 Å². The van der Waals surface area contributed by atoms with Crippen LogP contribution in [-0.2, 0) is 6.54 Å². The second-order valence-corrected chi connectivity index (χ2v) is 5.72. The molecule has 3 rings (SSSR count). The number of aromatic nitrogens is 3. The van der Waals surface area contributed by atoms with E-state index in [2.05, 4.69) is 22.6 Å². The number of hydrogen-bond acceptors (Lipinski definition) is 3. The van der Waals surface area contributed by atoms with Gasteiger partial charge in [-0.05, 0) is 55.7 Å². The van der Waals surface area contributed by atoms with Crippen LogP contribution < -0.4 is 5.32 Å². The molecule has 0 unspecified atom stereocenters. The van der Waals surface area contributed by atoms with Gasteiger partial charge in [-0.2, -0.15) is 0 Å². The normalized spacial score (nSPS) is 10.9. The van der Waals surface area contributed by atoms with Crippen LogP contribution >= 0.6 is 0 Å². The Kier molecular flexibility index (Phi) is 4.10. The molecule has 0 saturated heterocycles. The van der Waals surface area contributed by atoms with Crippen LogP contribution in [0.4, 0.5) is 5.69 Å². The summed E-state index contributed by atoms with van der Waals surface area (Å²) >= 11 is 0. The number of carbonyl (C=O) groups is 1. The highest BCUT2D eigenvalue weighted by Gasteiger charge is 2.11. The molecule has 5 heteroatoms. The molecule has 0 aliphatic carbocycles. The third kappa shape index (κ3) is 2.95. The van der Waals surface area contributed by atoms with E-state index in [9.17, 15) is 4.79 Å². The lowest BCUT2D eigenvalue weighted by atomic mass is 10.1. The number of anilines is 1. The molecular formula is C18H20N4O. The Bertz CT molecular complexity index is 867. The smallest absolute Gasteiger partial charge is 0.255 e. The van der Waals surface area contributed by atoms with Crippen molar-refractivity contribution in [2.75, 3.05) is 5.32 Å². The maximum absolute atomic E-state index is 12.5. The number of aryl methyl sites for hydroxylation is 2. The first-order chi connectivity index (χ1) is 11.1. The highest BCUT2D eigenvalue weighted by molar-refractivity contribution is 6.06. The average Bonchev–Trinajstić information content (AvgIpc) is 2.94. The van der Waals surface area contributed by atoms with Crippen LogP contribution in [0.1, 0.15) is 34.8 Å². The number of nitrogens with one attached hydrogen (secondary N) is 1. The molecule has 23 heavy (non-hydrogen) atoms. The molecule has 0 aliphatic heterocycles. The molecule has 5 nitrogen and oxygen atoms in total. The van der Waals surface area contributed by atoms with Crippen LogP contribution in [0.15, 0.2) is 36.4 Å². The molecule has 0 bridgehead atoms. The fourth-order valence-electron chi connectivity index (χ4n) is 2.57. The minimum atomic E-state index is -0.134. The monoisotopic (exact) mass is 308 g/mol. The van der Waals surface area contributed by atoms with Gasteiger partial charge in [0.1, 0.15) is 5.52 Å². The number of fused-ring (bicyclic) bond motifs is 1. The SMILES string of the molecule is CCCn1nnc2cc(C(=O)Nc3cccc(C)c3C)ccc21. The molecule has 118 valence electrons. The molecule has 0 radical (unpaired) electrons. The summed E-state index contributed by atoms with van der Waals surface area (Å²) in [6, 6.07) is 11.4. The van der Waals surface area contributed by atoms with Gasteiger partial charge < -0.3 is 5.32 Å². The molecule has 0 spiro atoms. The van der Waals surface area contributed by atoms with Gasteiger partial charge in [-0.1, -0.05) is 24.3 Å². The van der Waals surface area contributed by atoms with Crippen LogP contribution in [0.2, 0.25) is 0 Å². The molecule has 0 saturated carbocycles. The molecule has 0 fully saturated rings. The number of hydrogen-bond donors (Lipinski definition) is 1. The molecule has 1 N–H and O–H groups in total. The summed E-state index contributed by atoms with van der Waals surface area (Å²) < 4.78 is 1.86. The summed E-state index contributed by atoms with van der Waals surface area (Å²) in [6.07, 6.45) is 0.993. The topological polar surface area (TPSA) is 59.8 Å². The van der Waals surface area contributed by atoms with Crippen molar-refractivity contribution in [3.63, 3.8) is 0 Å². The average molecular weight is 308 g/mol. The molecular weight excluding hydrogens is 288 g/mol. The van der Waals surface area contributed by atoms with Crippen molar-refractivity contribution in [3.8, 4) is 0 Å². The minimum absolute atomic E-state index is 0.134. The van der Waals surface area contributed by atoms with E-state index in [0.29, 0.717) is 5.56 Å². The Balaban J connectivity index is 1.87. The summed E-state index contributed by atoms with van der Waals surface area (Å²) in [5.41, 5.74) is 5.35. The van der Waals surface area contributed by atoms with E-state index in [0.717, 1.165) is 40.8 Å². The predicted molar refractivity (Wildman–Crippen MR) is 91.7 cm³/mol. The Labute approximate surface area is 135 Å². The second-order valence-electron chi connectivity index (χ2n) is 5.72. The van der Waals surface area contributed by atoms with Crippen molar-refractivity contribution >= 4 is 22.6 Å². The van der Waals surface area contributed by atoms with Gasteiger partial charge >= 0.3 is 0 Å². The van der Waals surface area contributed by atoms with E-state index in [4.69, 9.17) is 0 Å². The highest BCUT2D eigenvalue weighted by atomic mass is 16.1. The zero-order valence-corrected chi connectivity index (χ0v) is 13.6. The molecule has 1 heterocycles. The van der Waals surface area contributed by atoms with E-state index in [1.54, 1.807) is 6.07 Å². The van der Waals surface area contributed by atoms with Crippen LogP contribution in [0.25, 0.3) is 11.0 Å². The molecule has 0 aliphatic rings. The van der Waals surface area contributed by atoms with Crippen molar-refractivity contribution in [1.29, 1.82) is 0 Å². The van der Waals surface area contributed by atoms with Gasteiger partial charge in [0, 0.05) is 17.8 Å². The maximum Gasteiger partial charge on any atom is 0.255 e. The molecule has 1 aromatic heterocycles. The number of carbonyl (C=O) groups excluding carboxylic acids is 1. The van der Waals surface area contributed by atoms with Crippen molar-refractivity contribution in [1.82, 2.24) is 15.0 Å². The second kappa shape index (κ2) is 6.20. The van der Waals surface area contributed by atoms with Crippen molar-refractivity contribution < 1.29 is 4.79 Å². The fourth-order valence-corrected chi connectivity index (χ4v) is 2.57. The summed E-state index contributed by atoms with van der Waals surface area (Å²) in [7, 11) is 0. The minimum Gasteiger partial charge on any atom is -0.322 e. The Morgan fingerprint density at radius 1 is 1.22 bits per heavy atom. The Hall–Kier alpha value is -2.69. The lowest BCUT2D eigenvalue weighted by Gasteiger charge is -2.10. The van der Waals surface area contributed by atoms with Crippen LogP contribution in [-0.4, -0.2) is 20.9 Å². The first-order valence-electron chi connectivity index (χ1n) is 7.81. The van der Waals surface area contributed by atoms with Gasteiger partial charge in [0.2, 0.25) is 0 Å². The van der Waals surface area contributed by atoms with Crippen LogP contribution in [0.5, 0.6) is 0 Å². The maximum atomic E-state index is 12.5. The zero-order chi connectivity index (χ0) is 16.4. The quantitative estimate of drug-likeness (QED) is 0.799. The largest absolute Gasteiger partial charge is 0.322 e. The predicted octanol–water partition coefficient (Wildman–Crippen LogP) is 3.71. The third-order valence-corrected chi connectivity index (χ3v) is 4.06. The first-order valence-corrected chi connectivity index (χ1v) is 7.81. The Morgan fingerprint density at radius 2 is 2.04 bits per heavy atom. The van der Waals surface area contributed by atoms with Crippen LogP contribution in [0.3, 0.4) is 0 Å². The van der Waals surface area contributed by atoms with E-state index >= 15 is 0 Å². The van der Waals surface area contributed by atoms with Gasteiger partial charge in [0.25, 0.3) is 5.91 Å². The van der Waals surface area contributed by atoms with Crippen molar-refractivity contribution in [2.24, 2.45) is 0 Å². The number of rotatable bonds is 4. The van der Waals surface area contributed by atoms with E-state index < -0.39 is 0 Å².